The van der Waals surface area contributed by atoms with Gasteiger partial charge in [-0.25, -0.2) is 4.98 Å². The van der Waals surface area contributed by atoms with Crippen LogP contribution in [0.25, 0.3) is 11.1 Å². The summed E-state index contributed by atoms with van der Waals surface area (Å²) >= 11 is 0. The van der Waals surface area contributed by atoms with E-state index in [1.54, 1.807) is 19.4 Å². The molecule has 0 atom stereocenters. The Bertz CT molecular complexity index is 883. The number of pyridine rings is 2. The summed E-state index contributed by atoms with van der Waals surface area (Å²) in [6.45, 7) is 1.42. The Morgan fingerprint density at radius 2 is 1.73 bits per heavy atom. The molecule has 2 aromatic heterocycles. The van der Waals surface area contributed by atoms with Crippen molar-refractivity contribution in [3.63, 3.8) is 0 Å². The number of alkyl halides is 2. The van der Waals surface area contributed by atoms with Gasteiger partial charge in [-0.05, 0) is 30.3 Å². The highest BCUT2D eigenvalue weighted by atomic mass is 19.3. The lowest BCUT2D eigenvalue weighted by Gasteiger charge is -2.14. The minimum atomic E-state index is -2.95. The highest BCUT2D eigenvalue weighted by molar-refractivity contribution is 5.74. The number of aromatic nitrogens is 2. The van der Waals surface area contributed by atoms with Crippen molar-refractivity contribution in [3.05, 3.63) is 66.6 Å². The van der Waals surface area contributed by atoms with E-state index in [9.17, 15) is 8.78 Å². The van der Waals surface area contributed by atoms with E-state index in [0.29, 0.717) is 17.4 Å². The molecule has 0 aliphatic heterocycles. The van der Waals surface area contributed by atoms with Gasteiger partial charge in [0, 0.05) is 23.7 Å². The second kappa shape index (κ2) is 7.47. The molecule has 1 aromatic carbocycles. The van der Waals surface area contributed by atoms with Crippen LogP contribution in [0.4, 0.5) is 8.78 Å². The molecule has 3 aromatic rings. The third-order valence-corrected chi connectivity index (χ3v) is 3.94. The molecule has 0 amide bonds. The average Bonchev–Trinajstić information content (AvgIpc) is 2.69. The van der Waals surface area contributed by atoms with Crippen LogP contribution in [0.3, 0.4) is 0 Å². The van der Waals surface area contributed by atoms with Gasteiger partial charge in [-0.3, -0.25) is 4.98 Å². The summed E-state index contributed by atoms with van der Waals surface area (Å²) in [5.74, 6) is -1.60. The van der Waals surface area contributed by atoms with E-state index in [4.69, 9.17) is 9.47 Å². The molecule has 0 spiro atoms. The van der Waals surface area contributed by atoms with Crippen molar-refractivity contribution in [2.75, 3.05) is 7.11 Å². The van der Waals surface area contributed by atoms with Crippen LogP contribution in [0, 0.1) is 0 Å². The van der Waals surface area contributed by atoms with Crippen LogP contribution in [0.5, 0.6) is 17.4 Å². The first-order valence-corrected chi connectivity index (χ1v) is 8.15. The molecule has 0 unspecified atom stereocenters. The zero-order valence-electron chi connectivity index (χ0n) is 14.4. The highest BCUT2D eigenvalue weighted by Crippen LogP contribution is 2.37. The largest absolute Gasteiger partial charge is 0.496 e. The van der Waals surface area contributed by atoms with Gasteiger partial charge in [0.1, 0.15) is 17.2 Å². The first-order valence-electron chi connectivity index (χ1n) is 8.15. The molecule has 0 aliphatic rings. The first kappa shape index (κ1) is 17.8. The number of ether oxygens (including phenoxy) is 2. The molecule has 3 rings (SSSR count). The van der Waals surface area contributed by atoms with Gasteiger partial charge in [0.15, 0.2) is 0 Å². The molecule has 0 N–H and O–H groups in total. The van der Waals surface area contributed by atoms with Crippen LogP contribution >= 0.6 is 0 Å². The van der Waals surface area contributed by atoms with E-state index in [1.165, 1.54) is 25.3 Å². The van der Waals surface area contributed by atoms with Crippen LogP contribution in [0.2, 0.25) is 0 Å². The third-order valence-electron chi connectivity index (χ3n) is 3.94. The van der Waals surface area contributed by atoms with Gasteiger partial charge in [0.2, 0.25) is 5.88 Å². The normalized spacial score (nSPS) is 11.2. The Kier molecular flexibility index (Phi) is 5.11. The summed E-state index contributed by atoms with van der Waals surface area (Å²) in [5, 5.41) is 0. The van der Waals surface area contributed by atoms with Gasteiger partial charge in [0.05, 0.1) is 13.3 Å². The van der Waals surface area contributed by atoms with Gasteiger partial charge < -0.3 is 9.47 Å². The number of para-hydroxylation sites is 1. The van der Waals surface area contributed by atoms with Crippen molar-refractivity contribution in [2.24, 2.45) is 0 Å². The minimum absolute atomic E-state index is 0.279. The van der Waals surface area contributed by atoms with E-state index in [-0.39, 0.29) is 12.1 Å². The number of hydrogen-bond donors (Lipinski definition) is 0. The Morgan fingerprint density at radius 3 is 2.42 bits per heavy atom. The Hall–Kier alpha value is -3.02. The van der Waals surface area contributed by atoms with Crippen molar-refractivity contribution < 1.29 is 18.3 Å². The summed E-state index contributed by atoms with van der Waals surface area (Å²) in [7, 11) is 1.59. The van der Waals surface area contributed by atoms with Gasteiger partial charge in [-0.15, -0.1) is 0 Å². The van der Waals surface area contributed by atoms with E-state index < -0.39 is 5.92 Å². The Labute approximate surface area is 150 Å². The van der Waals surface area contributed by atoms with Crippen molar-refractivity contribution in [1.82, 2.24) is 9.97 Å². The summed E-state index contributed by atoms with van der Waals surface area (Å²) in [5.41, 5.74) is 1.27. The molecule has 2 heterocycles. The molecule has 0 saturated heterocycles. The molecule has 0 aliphatic carbocycles. The number of halogens is 2. The summed E-state index contributed by atoms with van der Waals surface area (Å²) < 4.78 is 38.5. The Balaban J connectivity index is 1.92. The van der Waals surface area contributed by atoms with Crippen LogP contribution in [-0.2, 0) is 5.92 Å². The minimum Gasteiger partial charge on any atom is -0.496 e. The monoisotopic (exact) mass is 356 g/mol. The van der Waals surface area contributed by atoms with Crippen LogP contribution in [0.1, 0.15) is 19.0 Å². The SMILES string of the molecule is CCC(F)(F)c1ccc(Oc2ncccc2-c2ccccc2OC)cn1. The lowest BCUT2D eigenvalue weighted by Crippen LogP contribution is -2.13. The van der Waals surface area contributed by atoms with Gasteiger partial charge in [-0.2, -0.15) is 8.78 Å². The molecular formula is C20H18F2N2O2. The molecule has 0 saturated carbocycles. The maximum Gasteiger partial charge on any atom is 0.289 e. The van der Waals surface area contributed by atoms with E-state index in [0.717, 1.165) is 11.1 Å². The van der Waals surface area contributed by atoms with Crippen LogP contribution in [-0.4, -0.2) is 17.1 Å². The number of nitrogens with zero attached hydrogens (tertiary/aromatic N) is 2. The van der Waals surface area contributed by atoms with E-state index in [2.05, 4.69) is 9.97 Å². The molecular weight excluding hydrogens is 338 g/mol. The number of methoxy groups -OCH3 is 1. The standard InChI is InChI=1S/C20H18F2N2O2/c1-3-20(21,22)18-11-10-14(13-24-18)26-19-16(8-6-12-23-19)15-7-4-5-9-17(15)25-2/h4-13H,3H2,1-2H3. The van der Waals surface area contributed by atoms with Crippen molar-refractivity contribution >= 4 is 0 Å². The summed E-state index contributed by atoms with van der Waals surface area (Å²) in [6.07, 6.45) is 2.57. The predicted octanol–water partition coefficient (Wildman–Crippen LogP) is 5.45. The zero-order valence-corrected chi connectivity index (χ0v) is 14.4. The zero-order chi connectivity index (χ0) is 18.6. The lowest BCUT2D eigenvalue weighted by molar-refractivity contribution is -0.0128. The van der Waals surface area contributed by atoms with Gasteiger partial charge >= 0.3 is 0 Å². The van der Waals surface area contributed by atoms with Crippen molar-refractivity contribution in [2.45, 2.75) is 19.3 Å². The van der Waals surface area contributed by atoms with Crippen LogP contribution < -0.4 is 9.47 Å². The first-order chi connectivity index (χ1) is 12.5. The third kappa shape index (κ3) is 3.64. The Morgan fingerprint density at radius 1 is 0.962 bits per heavy atom. The van der Waals surface area contributed by atoms with Gasteiger partial charge in [-0.1, -0.05) is 25.1 Å². The number of rotatable bonds is 6. The second-order valence-corrected chi connectivity index (χ2v) is 5.60. The summed E-state index contributed by atoms with van der Waals surface area (Å²) in [4.78, 5) is 8.09. The fourth-order valence-corrected chi connectivity index (χ4v) is 2.49. The lowest BCUT2D eigenvalue weighted by atomic mass is 10.1. The van der Waals surface area contributed by atoms with Gasteiger partial charge in [0.25, 0.3) is 5.92 Å². The van der Waals surface area contributed by atoms with Crippen LogP contribution in [0.15, 0.2) is 60.9 Å². The van der Waals surface area contributed by atoms with E-state index in [1.807, 2.05) is 30.3 Å². The molecule has 6 heteroatoms. The maximum atomic E-state index is 13.7. The summed E-state index contributed by atoms with van der Waals surface area (Å²) in [6, 6.07) is 13.9. The van der Waals surface area contributed by atoms with E-state index >= 15 is 0 Å². The predicted molar refractivity (Wildman–Crippen MR) is 94.7 cm³/mol. The molecule has 0 fully saturated rings. The highest BCUT2D eigenvalue weighted by Gasteiger charge is 2.30. The topological polar surface area (TPSA) is 44.2 Å². The van der Waals surface area contributed by atoms with Crippen molar-refractivity contribution in [1.29, 1.82) is 0 Å². The second-order valence-electron chi connectivity index (χ2n) is 5.60. The smallest absolute Gasteiger partial charge is 0.289 e. The molecule has 0 radical (unpaired) electrons. The molecule has 0 bridgehead atoms. The molecule has 26 heavy (non-hydrogen) atoms. The molecule has 134 valence electrons. The number of benzene rings is 1. The quantitative estimate of drug-likeness (QED) is 0.589. The fraction of sp³-hybridized carbons (Fsp3) is 0.200. The maximum absolute atomic E-state index is 13.7. The average molecular weight is 356 g/mol. The van der Waals surface area contributed by atoms with Crippen molar-refractivity contribution in [3.8, 4) is 28.5 Å². The fourth-order valence-electron chi connectivity index (χ4n) is 2.49. The number of hydrogen-bond acceptors (Lipinski definition) is 4. The molecule has 4 nitrogen and oxygen atoms in total.